The zero-order valence-electron chi connectivity index (χ0n) is 11.8. The standard InChI is InChI=1S/C13H18O6Si/c1-8(14)17-20(18-9(2)15,19-10(3)16)13-7-11-4-5-12(13)6-11/h4-5,11-13H,6-7H2,1-3H3. The van der Waals surface area contributed by atoms with Gasteiger partial charge in [-0.3, -0.25) is 14.4 Å². The van der Waals surface area contributed by atoms with Crippen molar-refractivity contribution in [1.82, 2.24) is 0 Å². The van der Waals surface area contributed by atoms with E-state index in [-0.39, 0.29) is 11.5 Å². The average Bonchev–Trinajstić information content (AvgIpc) is 2.87. The molecule has 1 fully saturated rings. The second-order valence-corrected chi connectivity index (χ2v) is 7.83. The van der Waals surface area contributed by atoms with E-state index in [2.05, 4.69) is 6.08 Å². The van der Waals surface area contributed by atoms with E-state index >= 15 is 0 Å². The lowest BCUT2D eigenvalue weighted by Crippen LogP contribution is -2.54. The SMILES string of the molecule is CC(=O)O[Si](OC(C)=O)(OC(C)=O)C1CC2C=CC1C2. The highest BCUT2D eigenvalue weighted by Crippen LogP contribution is 2.52. The maximum absolute atomic E-state index is 11.4. The van der Waals surface area contributed by atoms with Gasteiger partial charge in [-0.05, 0) is 24.7 Å². The van der Waals surface area contributed by atoms with Gasteiger partial charge in [0.25, 0.3) is 17.9 Å². The van der Waals surface area contributed by atoms with Gasteiger partial charge in [-0.25, -0.2) is 0 Å². The zero-order chi connectivity index (χ0) is 14.9. The van der Waals surface area contributed by atoms with E-state index in [1.54, 1.807) is 0 Å². The van der Waals surface area contributed by atoms with Gasteiger partial charge in [-0.2, -0.15) is 0 Å². The minimum Gasteiger partial charge on any atom is -0.455 e. The smallest absolute Gasteiger partial charge is 0.455 e. The van der Waals surface area contributed by atoms with Crippen molar-refractivity contribution in [2.24, 2.45) is 11.8 Å². The van der Waals surface area contributed by atoms with Crippen LogP contribution >= 0.6 is 0 Å². The summed E-state index contributed by atoms with van der Waals surface area (Å²) in [6.07, 6.45) is 5.76. The van der Waals surface area contributed by atoms with Crippen LogP contribution in [0.2, 0.25) is 5.54 Å². The van der Waals surface area contributed by atoms with Crippen molar-refractivity contribution in [3.8, 4) is 0 Å². The van der Waals surface area contributed by atoms with Crippen LogP contribution in [-0.2, 0) is 27.7 Å². The van der Waals surface area contributed by atoms with Crippen LogP contribution in [-0.4, -0.2) is 26.7 Å². The van der Waals surface area contributed by atoms with E-state index in [1.807, 2.05) is 6.08 Å². The van der Waals surface area contributed by atoms with Gasteiger partial charge in [0.1, 0.15) is 0 Å². The van der Waals surface area contributed by atoms with Gasteiger partial charge in [0.15, 0.2) is 0 Å². The Balaban J connectivity index is 2.33. The summed E-state index contributed by atoms with van der Waals surface area (Å²) in [6.45, 7) is 3.66. The summed E-state index contributed by atoms with van der Waals surface area (Å²) in [6, 6.07) is 0. The van der Waals surface area contributed by atoms with Gasteiger partial charge >= 0.3 is 8.80 Å². The van der Waals surface area contributed by atoms with Crippen LogP contribution in [0.25, 0.3) is 0 Å². The minimum atomic E-state index is -3.71. The first-order chi connectivity index (χ1) is 9.32. The lowest BCUT2D eigenvalue weighted by molar-refractivity contribution is -0.148. The third-order valence-electron chi connectivity index (χ3n) is 3.59. The molecule has 2 bridgehead atoms. The Morgan fingerprint density at radius 1 is 0.900 bits per heavy atom. The van der Waals surface area contributed by atoms with Crippen molar-refractivity contribution in [2.45, 2.75) is 39.2 Å². The van der Waals surface area contributed by atoms with Crippen LogP contribution in [0, 0.1) is 11.8 Å². The highest BCUT2D eigenvalue weighted by atomic mass is 28.4. The highest BCUT2D eigenvalue weighted by Gasteiger charge is 2.64. The molecule has 0 aromatic heterocycles. The van der Waals surface area contributed by atoms with Crippen molar-refractivity contribution in [3.05, 3.63) is 12.2 Å². The predicted octanol–water partition coefficient (Wildman–Crippen LogP) is 1.58. The Kier molecular flexibility index (Phi) is 3.98. The number of rotatable bonds is 4. The van der Waals surface area contributed by atoms with Crippen LogP contribution in [0.5, 0.6) is 0 Å². The second kappa shape index (κ2) is 5.39. The van der Waals surface area contributed by atoms with Gasteiger partial charge in [0.2, 0.25) is 0 Å². The molecule has 110 valence electrons. The maximum atomic E-state index is 11.4. The number of fused-ring (bicyclic) bond motifs is 2. The van der Waals surface area contributed by atoms with E-state index in [0.29, 0.717) is 12.3 Å². The topological polar surface area (TPSA) is 78.9 Å². The highest BCUT2D eigenvalue weighted by molar-refractivity contribution is 6.67. The molecule has 0 radical (unpaired) electrons. The molecular weight excluding hydrogens is 280 g/mol. The fraction of sp³-hybridized carbons (Fsp3) is 0.615. The molecular formula is C13H18O6Si. The zero-order valence-corrected chi connectivity index (χ0v) is 12.8. The molecule has 20 heavy (non-hydrogen) atoms. The average molecular weight is 298 g/mol. The van der Waals surface area contributed by atoms with Gasteiger partial charge < -0.3 is 13.3 Å². The fourth-order valence-corrected chi connectivity index (χ4v) is 6.22. The third kappa shape index (κ3) is 2.92. The molecule has 0 spiro atoms. The van der Waals surface area contributed by atoms with Gasteiger partial charge in [-0.1, -0.05) is 12.2 Å². The molecule has 0 heterocycles. The molecule has 2 aliphatic rings. The van der Waals surface area contributed by atoms with Crippen LogP contribution in [0.15, 0.2) is 12.2 Å². The van der Waals surface area contributed by atoms with Gasteiger partial charge in [0, 0.05) is 20.8 Å². The van der Waals surface area contributed by atoms with Crippen LogP contribution in [0.1, 0.15) is 33.6 Å². The summed E-state index contributed by atoms with van der Waals surface area (Å²) in [5.74, 6) is -1.31. The number of carbonyl (C=O) groups excluding carboxylic acids is 3. The Hall–Kier alpha value is -1.63. The summed E-state index contributed by atoms with van der Waals surface area (Å²) in [5.41, 5.74) is -0.228. The molecule has 3 atom stereocenters. The predicted molar refractivity (Wildman–Crippen MR) is 70.2 cm³/mol. The molecule has 0 saturated heterocycles. The first-order valence-corrected chi connectivity index (χ1v) is 8.39. The van der Waals surface area contributed by atoms with Crippen LogP contribution in [0.4, 0.5) is 0 Å². The van der Waals surface area contributed by atoms with E-state index < -0.39 is 26.7 Å². The first-order valence-electron chi connectivity index (χ1n) is 6.59. The number of allylic oxidation sites excluding steroid dienone is 2. The van der Waals surface area contributed by atoms with Crippen molar-refractivity contribution < 1.29 is 27.7 Å². The first kappa shape index (κ1) is 14.8. The number of hydrogen-bond acceptors (Lipinski definition) is 6. The van der Waals surface area contributed by atoms with Gasteiger partial charge in [-0.15, -0.1) is 0 Å². The van der Waals surface area contributed by atoms with Crippen molar-refractivity contribution in [1.29, 1.82) is 0 Å². The second-order valence-electron chi connectivity index (χ2n) is 5.27. The monoisotopic (exact) mass is 298 g/mol. The summed E-state index contributed by atoms with van der Waals surface area (Å²) >= 11 is 0. The molecule has 6 nitrogen and oxygen atoms in total. The van der Waals surface area contributed by atoms with E-state index in [0.717, 1.165) is 6.42 Å². The lowest BCUT2D eigenvalue weighted by atomic mass is 10.1. The summed E-state index contributed by atoms with van der Waals surface area (Å²) in [4.78, 5) is 34.2. The molecule has 1 saturated carbocycles. The Bertz CT molecular complexity index is 431. The third-order valence-corrected chi connectivity index (χ3v) is 6.88. The Labute approximate surface area is 118 Å². The Morgan fingerprint density at radius 3 is 1.70 bits per heavy atom. The number of hydrogen-bond donors (Lipinski definition) is 0. The maximum Gasteiger partial charge on any atom is 0.709 e. The molecule has 2 aliphatic carbocycles. The number of carbonyl (C=O) groups is 3. The minimum absolute atomic E-state index is 0.129. The molecule has 0 N–H and O–H groups in total. The van der Waals surface area contributed by atoms with E-state index in [9.17, 15) is 14.4 Å². The summed E-state index contributed by atoms with van der Waals surface area (Å²) < 4.78 is 15.8. The van der Waals surface area contributed by atoms with E-state index in [4.69, 9.17) is 13.3 Å². The molecule has 0 aromatic rings. The van der Waals surface area contributed by atoms with Crippen molar-refractivity contribution in [2.75, 3.05) is 0 Å². The molecule has 7 heteroatoms. The summed E-state index contributed by atoms with van der Waals surface area (Å²) in [5, 5.41) is 0. The molecule has 2 rings (SSSR count). The molecule has 0 aliphatic heterocycles. The fourth-order valence-electron chi connectivity index (χ4n) is 3.08. The normalized spacial score (nSPS) is 27.2. The van der Waals surface area contributed by atoms with Crippen molar-refractivity contribution >= 4 is 26.7 Å². The van der Waals surface area contributed by atoms with Crippen LogP contribution < -0.4 is 0 Å². The van der Waals surface area contributed by atoms with E-state index in [1.165, 1.54) is 20.8 Å². The molecule has 3 unspecified atom stereocenters. The molecule has 0 amide bonds. The Morgan fingerprint density at radius 2 is 1.40 bits per heavy atom. The lowest BCUT2D eigenvalue weighted by Gasteiger charge is -2.33. The molecule has 0 aromatic carbocycles. The largest absolute Gasteiger partial charge is 0.709 e. The van der Waals surface area contributed by atoms with Crippen LogP contribution in [0.3, 0.4) is 0 Å². The summed E-state index contributed by atoms with van der Waals surface area (Å²) in [7, 11) is -3.71. The quantitative estimate of drug-likeness (QED) is 0.579. The van der Waals surface area contributed by atoms with Crippen molar-refractivity contribution in [3.63, 3.8) is 0 Å². The van der Waals surface area contributed by atoms with Gasteiger partial charge in [0.05, 0.1) is 5.54 Å².